The summed E-state index contributed by atoms with van der Waals surface area (Å²) in [4.78, 5) is 20.8. The second kappa shape index (κ2) is 7.31. The Labute approximate surface area is 124 Å². The summed E-state index contributed by atoms with van der Waals surface area (Å²) in [6.07, 6.45) is 8.58. The number of nitrogens with two attached hydrogens (primary N) is 1. The zero-order valence-corrected chi connectivity index (χ0v) is 11.9. The maximum absolute atomic E-state index is 10.4. The van der Waals surface area contributed by atoms with E-state index in [0.29, 0.717) is 12.4 Å². The summed E-state index contributed by atoms with van der Waals surface area (Å²) in [6, 6.07) is 9.35. The van der Waals surface area contributed by atoms with Crippen molar-refractivity contribution in [2.75, 3.05) is 11.9 Å². The molecule has 2 N–H and O–H groups in total. The third kappa shape index (κ3) is 4.22. The van der Waals surface area contributed by atoms with E-state index in [1.54, 1.807) is 18.5 Å². The van der Waals surface area contributed by atoms with Crippen LogP contribution in [-0.2, 0) is 4.79 Å². The first-order chi connectivity index (χ1) is 10.2. The highest BCUT2D eigenvalue weighted by Crippen LogP contribution is 2.20. The Kier molecular flexibility index (Phi) is 5.17. The lowest BCUT2D eigenvalue weighted by Crippen LogP contribution is -2.19. The molecule has 0 aliphatic heterocycles. The molecule has 1 aromatic carbocycles. The van der Waals surface area contributed by atoms with Crippen molar-refractivity contribution in [3.63, 3.8) is 0 Å². The molecule has 0 saturated carbocycles. The largest absolute Gasteiger partial charge is 0.321 e. The molecule has 0 amide bonds. The highest BCUT2D eigenvalue weighted by atomic mass is 16.1. The third-order valence-electron chi connectivity index (χ3n) is 3.03. The standard InChI is InChI=1S/C16H18N4O/c1-20(16-18-10-3-11-19-16)15-8-6-13(7-9-15)4-2-5-14(17)12-21/h2-4,6-12,14H,5,17H2,1H3/b4-2+. The summed E-state index contributed by atoms with van der Waals surface area (Å²) in [5, 5.41) is 0. The van der Waals surface area contributed by atoms with E-state index in [0.717, 1.165) is 17.5 Å². The Hall–Kier alpha value is -2.53. The molecule has 1 atom stereocenters. The summed E-state index contributed by atoms with van der Waals surface area (Å²) < 4.78 is 0. The number of anilines is 2. The van der Waals surface area contributed by atoms with E-state index in [9.17, 15) is 4.79 Å². The molecule has 1 heterocycles. The van der Waals surface area contributed by atoms with Crippen molar-refractivity contribution < 1.29 is 4.79 Å². The van der Waals surface area contributed by atoms with Gasteiger partial charge in [0.25, 0.3) is 0 Å². The van der Waals surface area contributed by atoms with E-state index in [1.165, 1.54) is 0 Å². The molecular formula is C16H18N4O. The number of carbonyl (C=O) groups is 1. The fourth-order valence-corrected chi connectivity index (χ4v) is 1.81. The van der Waals surface area contributed by atoms with Gasteiger partial charge in [0.05, 0.1) is 6.04 Å². The van der Waals surface area contributed by atoms with Crippen molar-refractivity contribution in [1.29, 1.82) is 0 Å². The SMILES string of the molecule is CN(c1ccc(/C=C/CC(N)C=O)cc1)c1ncccn1. The van der Waals surface area contributed by atoms with Gasteiger partial charge in [0.1, 0.15) is 6.29 Å². The maximum Gasteiger partial charge on any atom is 0.229 e. The first kappa shape index (κ1) is 14.9. The average Bonchev–Trinajstić information content (AvgIpc) is 2.55. The van der Waals surface area contributed by atoms with E-state index in [2.05, 4.69) is 9.97 Å². The first-order valence-corrected chi connectivity index (χ1v) is 6.69. The second-order valence-electron chi connectivity index (χ2n) is 4.64. The Morgan fingerprint density at radius 1 is 1.24 bits per heavy atom. The van der Waals surface area contributed by atoms with Crippen LogP contribution in [-0.4, -0.2) is 29.3 Å². The van der Waals surface area contributed by atoms with Crippen LogP contribution in [0, 0.1) is 0 Å². The minimum Gasteiger partial charge on any atom is -0.321 e. The van der Waals surface area contributed by atoms with Gasteiger partial charge in [0.2, 0.25) is 5.95 Å². The summed E-state index contributed by atoms with van der Waals surface area (Å²) >= 11 is 0. The third-order valence-corrected chi connectivity index (χ3v) is 3.03. The molecule has 0 spiro atoms. The quantitative estimate of drug-likeness (QED) is 0.822. The fraction of sp³-hybridized carbons (Fsp3) is 0.188. The van der Waals surface area contributed by atoms with E-state index in [1.807, 2.05) is 48.4 Å². The first-order valence-electron chi connectivity index (χ1n) is 6.69. The molecule has 1 aromatic heterocycles. The summed E-state index contributed by atoms with van der Waals surface area (Å²) in [5.41, 5.74) is 7.58. The Morgan fingerprint density at radius 3 is 2.52 bits per heavy atom. The molecule has 5 heteroatoms. The Morgan fingerprint density at radius 2 is 1.90 bits per heavy atom. The molecule has 21 heavy (non-hydrogen) atoms. The zero-order chi connectivity index (χ0) is 15.1. The van der Waals surface area contributed by atoms with Crippen molar-refractivity contribution >= 4 is 24.0 Å². The van der Waals surface area contributed by atoms with Crippen LogP contribution in [0.5, 0.6) is 0 Å². The lowest BCUT2D eigenvalue weighted by molar-refractivity contribution is -0.108. The fourth-order valence-electron chi connectivity index (χ4n) is 1.81. The highest BCUT2D eigenvalue weighted by molar-refractivity contribution is 5.61. The van der Waals surface area contributed by atoms with E-state index >= 15 is 0 Å². The normalized spacial score (nSPS) is 12.3. The van der Waals surface area contributed by atoms with Gasteiger partial charge in [0.15, 0.2) is 0 Å². The molecule has 2 aromatic rings. The topological polar surface area (TPSA) is 72.1 Å². The molecule has 0 fully saturated rings. The summed E-state index contributed by atoms with van der Waals surface area (Å²) in [5.74, 6) is 0.651. The smallest absolute Gasteiger partial charge is 0.229 e. The Bertz CT molecular complexity index is 595. The second-order valence-corrected chi connectivity index (χ2v) is 4.64. The van der Waals surface area contributed by atoms with E-state index < -0.39 is 6.04 Å². The molecule has 2 rings (SSSR count). The van der Waals surface area contributed by atoms with Crippen molar-refractivity contribution in [3.05, 3.63) is 54.4 Å². The van der Waals surface area contributed by atoms with Gasteiger partial charge in [-0.2, -0.15) is 0 Å². The monoisotopic (exact) mass is 282 g/mol. The van der Waals surface area contributed by atoms with Crippen LogP contribution in [0.15, 0.2) is 48.8 Å². The number of nitrogens with zero attached hydrogens (tertiary/aromatic N) is 3. The molecule has 0 radical (unpaired) electrons. The minimum absolute atomic E-state index is 0.429. The van der Waals surface area contributed by atoms with Gasteiger partial charge < -0.3 is 15.4 Å². The predicted octanol–water partition coefficient (Wildman–Crippen LogP) is 2.17. The average molecular weight is 282 g/mol. The van der Waals surface area contributed by atoms with Gasteiger partial charge in [-0.1, -0.05) is 24.3 Å². The van der Waals surface area contributed by atoms with Crippen LogP contribution < -0.4 is 10.6 Å². The molecule has 108 valence electrons. The lowest BCUT2D eigenvalue weighted by Gasteiger charge is -2.16. The van der Waals surface area contributed by atoms with Crippen molar-refractivity contribution in [1.82, 2.24) is 9.97 Å². The van der Waals surface area contributed by atoms with Gasteiger partial charge in [-0.3, -0.25) is 0 Å². The van der Waals surface area contributed by atoms with Crippen LogP contribution in [0.1, 0.15) is 12.0 Å². The van der Waals surface area contributed by atoms with Crippen molar-refractivity contribution in [3.8, 4) is 0 Å². The molecular weight excluding hydrogens is 264 g/mol. The van der Waals surface area contributed by atoms with Gasteiger partial charge in [-0.05, 0) is 30.2 Å². The van der Waals surface area contributed by atoms with Crippen molar-refractivity contribution in [2.24, 2.45) is 5.73 Å². The van der Waals surface area contributed by atoms with Crippen LogP contribution in [0.4, 0.5) is 11.6 Å². The lowest BCUT2D eigenvalue weighted by atomic mass is 10.1. The number of carbonyl (C=O) groups excluding carboxylic acids is 1. The summed E-state index contributed by atoms with van der Waals surface area (Å²) in [6.45, 7) is 0. The number of aldehydes is 1. The minimum atomic E-state index is -0.429. The molecule has 0 bridgehead atoms. The van der Waals surface area contributed by atoms with Gasteiger partial charge in [0, 0.05) is 25.1 Å². The molecule has 0 aliphatic rings. The van der Waals surface area contributed by atoms with Crippen LogP contribution in [0.2, 0.25) is 0 Å². The van der Waals surface area contributed by atoms with Crippen LogP contribution in [0.25, 0.3) is 6.08 Å². The Balaban J connectivity index is 2.03. The summed E-state index contributed by atoms with van der Waals surface area (Å²) in [7, 11) is 1.92. The van der Waals surface area contributed by atoms with E-state index in [-0.39, 0.29) is 0 Å². The van der Waals surface area contributed by atoms with Gasteiger partial charge >= 0.3 is 0 Å². The zero-order valence-electron chi connectivity index (χ0n) is 11.9. The number of hydrogen-bond donors (Lipinski definition) is 1. The molecule has 0 saturated heterocycles. The predicted molar refractivity (Wildman–Crippen MR) is 84.2 cm³/mol. The highest BCUT2D eigenvalue weighted by Gasteiger charge is 2.05. The molecule has 1 unspecified atom stereocenters. The maximum atomic E-state index is 10.4. The van der Waals surface area contributed by atoms with Crippen LogP contribution >= 0.6 is 0 Å². The van der Waals surface area contributed by atoms with Crippen molar-refractivity contribution in [2.45, 2.75) is 12.5 Å². The molecule has 0 aliphatic carbocycles. The number of hydrogen-bond acceptors (Lipinski definition) is 5. The number of benzene rings is 1. The molecule has 5 nitrogen and oxygen atoms in total. The van der Waals surface area contributed by atoms with Gasteiger partial charge in [-0.15, -0.1) is 0 Å². The van der Waals surface area contributed by atoms with Gasteiger partial charge in [-0.25, -0.2) is 9.97 Å². The van der Waals surface area contributed by atoms with Crippen LogP contribution in [0.3, 0.4) is 0 Å². The number of aromatic nitrogens is 2. The van der Waals surface area contributed by atoms with E-state index in [4.69, 9.17) is 5.73 Å². The number of rotatable bonds is 6.